The van der Waals surface area contributed by atoms with E-state index in [0.29, 0.717) is 5.69 Å². The van der Waals surface area contributed by atoms with Gasteiger partial charge in [-0.3, -0.25) is 10.1 Å². The van der Waals surface area contributed by atoms with Gasteiger partial charge in [0, 0.05) is 17.6 Å². The molecule has 0 radical (unpaired) electrons. The second-order valence-corrected chi connectivity index (χ2v) is 5.36. The molecule has 0 atom stereocenters. The Morgan fingerprint density at radius 2 is 2.09 bits per heavy atom. The quantitative estimate of drug-likeness (QED) is 0.496. The number of nitrogens with one attached hydrogen (secondary N) is 1. The van der Waals surface area contributed by atoms with E-state index in [2.05, 4.69) is 21.2 Å². The first-order chi connectivity index (χ1) is 10.5. The van der Waals surface area contributed by atoms with Crippen molar-refractivity contribution in [1.82, 2.24) is 0 Å². The largest absolute Gasteiger partial charge is 0.457 e. The Bertz CT molecular complexity index is 718. The zero-order valence-corrected chi connectivity index (χ0v) is 13.3. The number of benzene rings is 2. The van der Waals surface area contributed by atoms with Crippen LogP contribution in [0, 0.1) is 10.1 Å². The van der Waals surface area contributed by atoms with E-state index < -0.39 is 10.9 Å². The number of rotatable bonds is 5. The topological polar surface area (TPSA) is 81.5 Å². The summed E-state index contributed by atoms with van der Waals surface area (Å²) in [7, 11) is 1.58. The molecule has 2 aromatic rings. The Kier molecular flexibility index (Phi) is 5.11. The van der Waals surface area contributed by atoms with Gasteiger partial charge in [-0.2, -0.15) is 0 Å². The molecule has 0 amide bonds. The average Bonchev–Trinajstić information content (AvgIpc) is 2.52. The van der Waals surface area contributed by atoms with Crippen molar-refractivity contribution in [2.45, 2.75) is 6.61 Å². The molecule has 0 spiro atoms. The molecule has 0 aliphatic carbocycles. The molecule has 114 valence electrons. The normalized spacial score (nSPS) is 10.1. The maximum atomic E-state index is 12.0. The number of carbonyl (C=O) groups is 1. The van der Waals surface area contributed by atoms with E-state index in [0.717, 1.165) is 10.0 Å². The standard InChI is InChI=1S/C15H13BrN2O4/c1-17-13-6-5-11(8-14(13)18(20)21)15(19)22-9-10-3-2-4-12(16)7-10/h2-8,17H,9H2,1H3. The summed E-state index contributed by atoms with van der Waals surface area (Å²) in [4.78, 5) is 22.4. The Morgan fingerprint density at radius 3 is 2.73 bits per heavy atom. The predicted molar refractivity (Wildman–Crippen MR) is 85.9 cm³/mol. The van der Waals surface area contributed by atoms with Gasteiger partial charge in [0.25, 0.3) is 5.69 Å². The van der Waals surface area contributed by atoms with E-state index in [9.17, 15) is 14.9 Å². The number of anilines is 1. The molecule has 0 bridgehead atoms. The molecule has 2 rings (SSSR count). The lowest BCUT2D eigenvalue weighted by atomic mass is 10.1. The smallest absolute Gasteiger partial charge is 0.338 e. The van der Waals surface area contributed by atoms with Crippen LogP contribution in [0.4, 0.5) is 11.4 Å². The van der Waals surface area contributed by atoms with Crippen LogP contribution < -0.4 is 5.32 Å². The predicted octanol–water partition coefficient (Wildman–Crippen LogP) is 3.76. The number of nitrogens with zero attached hydrogens (tertiary/aromatic N) is 1. The molecule has 0 aromatic heterocycles. The van der Waals surface area contributed by atoms with Crippen molar-refractivity contribution in [2.75, 3.05) is 12.4 Å². The summed E-state index contributed by atoms with van der Waals surface area (Å²) in [6.45, 7) is 0.0971. The van der Waals surface area contributed by atoms with Crippen molar-refractivity contribution >= 4 is 33.3 Å². The number of nitro groups is 1. The summed E-state index contributed by atoms with van der Waals surface area (Å²) in [5.74, 6) is -0.606. The van der Waals surface area contributed by atoms with Crippen LogP contribution in [0.25, 0.3) is 0 Å². The zero-order chi connectivity index (χ0) is 16.1. The summed E-state index contributed by atoms with van der Waals surface area (Å²) in [5.41, 5.74) is 1.14. The van der Waals surface area contributed by atoms with Gasteiger partial charge >= 0.3 is 5.97 Å². The fourth-order valence-electron chi connectivity index (χ4n) is 1.88. The molecule has 0 fully saturated rings. The third-order valence-corrected chi connectivity index (χ3v) is 3.45. The van der Waals surface area contributed by atoms with Gasteiger partial charge in [-0.15, -0.1) is 0 Å². The van der Waals surface area contributed by atoms with E-state index in [1.54, 1.807) is 7.05 Å². The van der Waals surface area contributed by atoms with Gasteiger partial charge in [0.2, 0.25) is 0 Å². The molecule has 0 saturated heterocycles. The van der Waals surface area contributed by atoms with Crippen molar-refractivity contribution in [1.29, 1.82) is 0 Å². The first-order valence-electron chi connectivity index (χ1n) is 6.39. The lowest BCUT2D eigenvalue weighted by Gasteiger charge is -2.07. The summed E-state index contributed by atoms with van der Waals surface area (Å²) in [5, 5.41) is 13.7. The third-order valence-electron chi connectivity index (χ3n) is 2.96. The molecular formula is C15H13BrN2O4. The highest BCUT2D eigenvalue weighted by Crippen LogP contribution is 2.25. The summed E-state index contributed by atoms with van der Waals surface area (Å²) >= 11 is 3.33. The van der Waals surface area contributed by atoms with Gasteiger partial charge in [-0.25, -0.2) is 4.79 Å². The van der Waals surface area contributed by atoms with Crippen molar-refractivity contribution < 1.29 is 14.5 Å². The number of halogens is 1. The summed E-state index contributed by atoms with van der Waals surface area (Å²) < 4.78 is 6.06. The molecule has 0 unspecified atom stereocenters. The molecule has 6 nitrogen and oxygen atoms in total. The second kappa shape index (κ2) is 7.04. The SMILES string of the molecule is CNc1ccc(C(=O)OCc2cccc(Br)c2)cc1[N+](=O)[O-]. The van der Waals surface area contributed by atoms with Crippen LogP contribution in [-0.4, -0.2) is 17.9 Å². The average molecular weight is 365 g/mol. The fourth-order valence-corrected chi connectivity index (χ4v) is 2.33. The molecular weight excluding hydrogens is 352 g/mol. The Hall–Kier alpha value is -2.41. The van der Waals surface area contributed by atoms with Gasteiger partial charge in [0.15, 0.2) is 0 Å². The lowest BCUT2D eigenvalue weighted by molar-refractivity contribution is -0.384. The van der Waals surface area contributed by atoms with Gasteiger partial charge in [-0.05, 0) is 29.8 Å². The third kappa shape index (κ3) is 3.82. The lowest BCUT2D eigenvalue weighted by Crippen LogP contribution is -2.07. The number of carbonyl (C=O) groups excluding carboxylic acids is 1. The molecule has 0 aliphatic rings. The van der Waals surface area contributed by atoms with Crippen molar-refractivity contribution in [3.8, 4) is 0 Å². The molecule has 2 aromatic carbocycles. The second-order valence-electron chi connectivity index (χ2n) is 4.45. The van der Waals surface area contributed by atoms with Crippen LogP contribution >= 0.6 is 15.9 Å². The van der Waals surface area contributed by atoms with Crippen molar-refractivity contribution in [3.63, 3.8) is 0 Å². The van der Waals surface area contributed by atoms with Crippen molar-refractivity contribution in [2.24, 2.45) is 0 Å². The van der Waals surface area contributed by atoms with Gasteiger partial charge in [-0.1, -0.05) is 28.1 Å². The number of hydrogen-bond donors (Lipinski definition) is 1. The molecule has 7 heteroatoms. The molecule has 0 saturated carbocycles. The van der Waals surface area contributed by atoms with Gasteiger partial charge in [0.05, 0.1) is 10.5 Å². The summed E-state index contributed by atoms with van der Waals surface area (Å²) in [6, 6.07) is 11.5. The zero-order valence-electron chi connectivity index (χ0n) is 11.7. The van der Waals surface area contributed by atoms with Gasteiger partial charge < -0.3 is 10.1 Å². The minimum atomic E-state index is -0.606. The highest BCUT2D eigenvalue weighted by molar-refractivity contribution is 9.10. The monoisotopic (exact) mass is 364 g/mol. The van der Waals surface area contributed by atoms with Crippen LogP contribution in [0.1, 0.15) is 15.9 Å². The molecule has 1 N–H and O–H groups in total. The van der Waals surface area contributed by atoms with Crippen LogP contribution in [0.15, 0.2) is 46.9 Å². The summed E-state index contributed by atoms with van der Waals surface area (Å²) in [6.07, 6.45) is 0. The Balaban J connectivity index is 2.12. The molecule has 22 heavy (non-hydrogen) atoms. The minimum Gasteiger partial charge on any atom is -0.457 e. The number of hydrogen-bond acceptors (Lipinski definition) is 5. The van der Waals surface area contributed by atoms with Gasteiger partial charge in [0.1, 0.15) is 12.3 Å². The van der Waals surface area contributed by atoms with Crippen LogP contribution in [-0.2, 0) is 11.3 Å². The van der Waals surface area contributed by atoms with Crippen LogP contribution in [0.5, 0.6) is 0 Å². The van der Waals surface area contributed by atoms with Crippen molar-refractivity contribution in [3.05, 3.63) is 68.2 Å². The van der Waals surface area contributed by atoms with E-state index in [1.165, 1.54) is 18.2 Å². The van der Waals surface area contributed by atoms with Crippen LogP contribution in [0.3, 0.4) is 0 Å². The fraction of sp³-hybridized carbons (Fsp3) is 0.133. The highest BCUT2D eigenvalue weighted by atomic mass is 79.9. The Labute approximate surface area is 135 Å². The molecule has 0 aliphatic heterocycles. The van der Waals surface area contributed by atoms with E-state index in [1.807, 2.05) is 24.3 Å². The van der Waals surface area contributed by atoms with E-state index in [-0.39, 0.29) is 17.9 Å². The number of nitro benzene ring substituents is 1. The maximum Gasteiger partial charge on any atom is 0.338 e. The van der Waals surface area contributed by atoms with E-state index in [4.69, 9.17) is 4.74 Å². The minimum absolute atomic E-state index is 0.0971. The number of esters is 1. The van der Waals surface area contributed by atoms with E-state index >= 15 is 0 Å². The number of ether oxygens (including phenoxy) is 1. The highest BCUT2D eigenvalue weighted by Gasteiger charge is 2.17. The van der Waals surface area contributed by atoms with Crippen LogP contribution in [0.2, 0.25) is 0 Å². The maximum absolute atomic E-state index is 12.0. The molecule has 0 heterocycles. The Morgan fingerprint density at radius 1 is 1.32 bits per heavy atom. The first kappa shape index (κ1) is 16.0. The first-order valence-corrected chi connectivity index (χ1v) is 7.18.